The maximum Gasteiger partial charge on any atom is 0.243 e. The minimum absolute atomic E-state index is 0.0405. The van der Waals surface area contributed by atoms with Gasteiger partial charge in [0.1, 0.15) is 0 Å². The number of aryl methyl sites for hydroxylation is 1. The number of ether oxygens (including phenoxy) is 1. The van der Waals surface area contributed by atoms with Crippen LogP contribution in [-0.2, 0) is 24.3 Å². The summed E-state index contributed by atoms with van der Waals surface area (Å²) in [7, 11) is -3.96. The van der Waals surface area contributed by atoms with Crippen LogP contribution in [0.25, 0.3) is 0 Å². The molecule has 2 fully saturated rings. The van der Waals surface area contributed by atoms with E-state index in [9.17, 15) is 18.0 Å². The van der Waals surface area contributed by atoms with Crippen LogP contribution in [0.4, 0.5) is 11.4 Å². The minimum atomic E-state index is -3.96. The highest BCUT2D eigenvalue weighted by molar-refractivity contribution is 7.89. The number of nitrogens with zero attached hydrogens (tertiary/aromatic N) is 2. The zero-order valence-electron chi connectivity index (χ0n) is 19.6. The summed E-state index contributed by atoms with van der Waals surface area (Å²) in [5.74, 6) is -0.367. The smallest absolute Gasteiger partial charge is 0.243 e. The molecule has 0 radical (unpaired) electrons. The molecule has 1 N–H and O–H groups in total. The van der Waals surface area contributed by atoms with E-state index < -0.39 is 15.9 Å². The lowest BCUT2D eigenvalue weighted by Gasteiger charge is -2.25. The molecule has 2 aromatic carbocycles. The van der Waals surface area contributed by atoms with Crippen LogP contribution in [0.3, 0.4) is 0 Å². The first-order valence-corrected chi connectivity index (χ1v) is 13.1. The normalized spacial score (nSPS) is 18.6. The number of hydrogen-bond acceptors (Lipinski definition) is 5. The van der Waals surface area contributed by atoms with Crippen molar-refractivity contribution < 1.29 is 22.7 Å². The summed E-state index contributed by atoms with van der Waals surface area (Å²) >= 11 is 0. The van der Waals surface area contributed by atoms with Crippen LogP contribution >= 0.6 is 0 Å². The summed E-state index contributed by atoms with van der Waals surface area (Å²) in [6.45, 7) is 4.88. The topological polar surface area (TPSA) is 96.0 Å². The summed E-state index contributed by atoms with van der Waals surface area (Å²) < 4.78 is 33.9. The van der Waals surface area contributed by atoms with E-state index in [1.54, 1.807) is 23.1 Å². The fraction of sp³-hybridized carbons (Fsp3) is 0.440. The highest BCUT2D eigenvalue weighted by Crippen LogP contribution is 2.26. The zero-order valence-corrected chi connectivity index (χ0v) is 20.4. The van der Waals surface area contributed by atoms with Gasteiger partial charge in [-0.15, -0.1) is 0 Å². The molecule has 9 heteroatoms. The number of amides is 2. The van der Waals surface area contributed by atoms with Crippen LogP contribution in [0.2, 0.25) is 0 Å². The van der Waals surface area contributed by atoms with Gasteiger partial charge in [0.15, 0.2) is 0 Å². The van der Waals surface area contributed by atoms with Crippen molar-refractivity contribution in [2.45, 2.75) is 50.5 Å². The monoisotopic (exact) mass is 485 g/mol. The van der Waals surface area contributed by atoms with Crippen LogP contribution in [0.5, 0.6) is 0 Å². The molecule has 1 atom stereocenters. The van der Waals surface area contributed by atoms with Crippen molar-refractivity contribution >= 4 is 33.2 Å². The van der Waals surface area contributed by atoms with Crippen molar-refractivity contribution in [2.24, 2.45) is 0 Å². The molecule has 2 aliphatic heterocycles. The minimum Gasteiger partial charge on any atom is -0.377 e. The van der Waals surface area contributed by atoms with Gasteiger partial charge in [0, 0.05) is 37.5 Å². The van der Waals surface area contributed by atoms with E-state index in [-0.39, 0.29) is 30.0 Å². The predicted molar refractivity (Wildman–Crippen MR) is 130 cm³/mol. The van der Waals surface area contributed by atoms with E-state index in [1.807, 2.05) is 26.0 Å². The van der Waals surface area contributed by atoms with Crippen LogP contribution in [0, 0.1) is 13.8 Å². The Bertz CT molecular complexity index is 1160. The van der Waals surface area contributed by atoms with Crippen molar-refractivity contribution in [3.8, 4) is 0 Å². The van der Waals surface area contributed by atoms with Gasteiger partial charge in [-0.05, 0) is 74.6 Å². The van der Waals surface area contributed by atoms with E-state index in [1.165, 1.54) is 16.4 Å². The number of rotatable bonds is 8. The molecule has 34 heavy (non-hydrogen) atoms. The SMILES string of the molecule is Cc1cccc(NC(=O)CN(C[C@H]2CCCO2)S(=O)(=O)c2ccc(N3CCCC3=O)cc2)c1C. The highest BCUT2D eigenvalue weighted by atomic mass is 32.2. The zero-order chi connectivity index (χ0) is 24.3. The lowest BCUT2D eigenvalue weighted by atomic mass is 10.1. The third-order valence-electron chi connectivity index (χ3n) is 6.49. The quantitative estimate of drug-likeness (QED) is 0.619. The fourth-order valence-corrected chi connectivity index (χ4v) is 5.80. The Morgan fingerprint density at radius 1 is 1.15 bits per heavy atom. The fourth-order valence-electron chi connectivity index (χ4n) is 4.37. The number of carbonyl (C=O) groups excluding carboxylic acids is 2. The largest absolute Gasteiger partial charge is 0.377 e. The number of carbonyl (C=O) groups is 2. The molecule has 0 saturated carbocycles. The molecule has 2 amide bonds. The maximum atomic E-state index is 13.5. The number of sulfonamides is 1. The Kier molecular flexibility index (Phi) is 7.35. The highest BCUT2D eigenvalue weighted by Gasteiger charge is 2.31. The molecule has 0 spiro atoms. The van der Waals surface area contributed by atoms with Gasteiger partial charge in [-0.25, -0.2) is 8.42 Å². The van der Waals surface area contributed by atoms with Crippen molar-refractivity contribution in [1.29, 1.82) is 0 Å². The van der Waals surface area contributed by atoms with Gasteiger partial charge in [0.25, 0.3) is 0 Å². The average molecular weight is 486 g/mol. The first-order valence-electron chi connectivity index (χ1n) is 11.6. The molecule has 8 nitrogen and oxygen atoms in total. The predicted octanol–water partition coefficient (Wildman–Crippen LogP) is 3.24. The molecule has 0 aromatic heterocycles. The van der Waals surface area contributed by atoms with Gasteiger partial charge < -0.3 is 15.0 Å². The van der Waals surface area contributed by atoms with Gasteiger partial charge in [0.05, 0.1) is 17.5 Å². The molecule has 4 rings (SSSR count). The Morgan fingerprint density at radius 2 is 1.91 bits per heavy atom. The summed E-state index contributed by atoms with van der Waals surface area (Å²) in [6, 6.07) is 11.9. The second-order valence-electron chi connectivity index (χ2n) is 8.87. The molecule has 2 saturated heterocycles. The van der Waals surface area contributed by atoms with Crippen LogP contribution in [0.15, 0.2) is 47.4 Å². The Hall–Kier alpha value is -2.75. The van der Waals surface area contributed by atoms with Crippen LogP contribution < -0.4 is 10.2 Å². The number of hydrogen-bond donors (Lipinski definition) is 1. The van der Waals surface area contributed by atoms with Gasteiger partial charge in [-0.1, -0.05) is 12.1 Å². The van der Waals surface area contributed by atoms with Crippen molar-refractivity contribution in [3.63, 3.8) is 0 Å². The molecule has 2 aliphatic rings. The lowest BCUT2D eigenvalue weighted by Crippen LogP contribution is -2.42. The van der Waals surface area contributed by atoms with Crippen LogP contribution in [-0.4, -0.2) is 56.9 Å². The maximum absolute atomic E-state index is 13.5. The van der Waals surface area contributed by atoms with Crippen molar-refractivity contribution in [3.05, 3.63) is 53.6 Å². The first-order chi connectivity index (χ1) is 16.3. The molecule has 0 bridgehead atoms. The Balaban J connectivity index is 1.54. The second-order valence-corrected chi connectivity index (χ2v) is 10.8. The van der Waals surface area contributed by atoms with E-state index in [2.05, 4.69) is 5.32 Å². The van der Waals surface area contributed by atoms with E-state index in [0.717, 1.165) is 30.4 Å². The van der Waals surface area contributed by atoms with Gasteiger partial charge in [0.2, 0.25) is 21.8 Å². The summed E-state index contributed by atoms with van der Waals surface area (Å²) in [5, 5.41) is 2.85. The molecule has 0 unspecified atom stereocenters. The number of anilines is 2. The lowest BCUT2D eigenvalue weighted by molar-refractivity contribution is -0.117. The molecule has 182 valence electrons. The molecule has 2 aromatic rings. The van der Waals surface area contributed by atoms with Gasteiger partial charge in [-0.3, -0.25) is 9.59 Å². The van der Waals surface area contributed by atoms with E-state index >= 15 is 0 Å². The van der Waals surface area contributed by atoms with E-state index in [4.69, 9.17) is 4.74 Å². The molecule has 0 aliphatic carbocycles. The second kappa shape index (κ2) is 10.2. The number of benzene rings is 2. The van der Waals surface area contributed by atoms with Crippen molar-refractivity contribution in [1.82, 2.24) is 4.31 Å². The molecular formula is C25H31N3O5S. The average Bonchev–Trinajstić information content (AvgIpc) is 3.48. The van der Waals surface area contributed by atoms with E-state index in [0.29, 0.717) is 30.9 Å². The number of nitrogens with one attached hydrogen (secondary N) is 1. The Morgan fingerprint density at radius 3 is 2.56 bits per heavy atom. The molecular weight excluding hydrogens is 454 g/mol. The summed E-state index contributed by atoms with van der Waals surface area (Å²) in [6.07, 6.45) is 2.67. The third kappa shape index (κ3) is 5.32. The third-order valence-corrected chi connectivity index (χ3v) is 8.32. The standard InChI is InChI=1S/C25H31N3O5S/c1-18-6-3-8-23(19(18)2)26-24(29)17-27(16-21-7-5-15-33-21)34(31,32)22-12-10-20(11-13-22)28-14-4-9-25(28)30/h3,6,8,10-13,21H,4-5,7,9,14-17H2,1-2H3,(H,26,29)/t21-/m1/s1. The van der Waals surface area contributed by atoms with Gasteiger partial charge in [-0.2, -0.15) is 4.31 Å². The Labute approximate surface area is 200 Å². The summed E-state index contributed by atoms with van der Waals surface area (Å²) in [5.41, 5.74) is 3.33. The first kappa shape index (κ1) is 24.4. The van der Waals surface area contributed by atoms with Gasteiger partial charge >= 0.3 is 0 Å². The molecule has 2 heterocycles. The van der Waals surface area contributed by atoms with Crippen LogP contribution in [0.1, 0.15) is 36.8 Å². The summed E-state index contributed by atoms with van der Waals surface area (Å²) in [4.78, 5) is 26.7. The van der Waals surface area contributed by atoms with Crippen molar-refractivity contribution in [2.75, 3.05) is 36.5 Å².